The van der Waals surface area contributed by atoms with E-state index in [-0.39, 0.29) is 5.91 Å². The lowest BCUT2D eigenvalue weighted by Crippen LogP contribution is -2.22. The lowest BCUT2D eigenvalue weighted by Gasteiger charge is -2.06. The number of halogens is 1. The summed E-state index contributed by atoms with van der Waals surface area (Å²) in [6, 6.07) is 8.83. The van der Waals surface area contributed by atoms with E-state index in [0.717, 1.165) is 29.4 Å². The van der Waals surface area contributed by atoms with Gasteiger partial charge in [0, 0.05) is 22.7 Å². The maximum atomic E-state index is 12.4. The molecule has 2 heterocycles. The molecule has 2 aromatic heterocycles. The molecule has 0 bridgehead atoms. The fraction of sp³-hybridized carbons (Fsp3) is 0.235. The average molecular weight is 330 g/mol. The summed E-state index contributed by atoms with van der Waals surface area (Å²) in [7, 11) is 0. The van der Waals surface area contributed by atoms with Gasteiger partial charge in [-0.2, -0.15) is 0 Å². The van der Waals surface area contributed by atoms with Crippen molar-refractivity contribution in [2.75, 3.05) is 0 Å². The van der Waals surface area contributed by atoms with Gasteiger partial charge >= 0.3 is 0 Å². The number of rotatable bonds is 5. The molecule has 23 heavy (non-hydrogen) atoms. The molecule has 1 amide bonds. The van der Waals surface area contributed by atoms with Gasteiger partial charge in [0.15, 0.2) is 5.76 Å². The Morgan fingerprint density at radius 1 is 1.30 bits per heavy atom. The molecule has 0 radical (unpaired) electrons. The van der Waals surface area contributed by atoms with E-state index < -0.39 is 0 Å². The first-order chi connectivity index (χ1) is 11.2. The third-order valence-electron chi connectivity index (χ3n) is 3.49. The van der Waals surface area contributed by atoms with Crippen LogP contribution in [0.1, 0.15) is 35.2 Å². The largest absolute Gasteiger partial charge is 0.359 e. The molecule has 0 aliphatic rings. The highest BCUT2D eigenvalue weighted by molar-refractivity contribution is 6.31. The Morgan fingerprint density at radius 3 is 3.00 bits per heavy atom. The molecule has 0 saturated carbocycles. The fourth-order valence-corrected chi connectivity index (χ4v) is 2.56. The number of hydrogen-bond donors (Lipinski definition) is 1. The highest BCUT2D eigenvalue weighted by atomic mass is 35.5. The number of nitrogens with zero attached hydrogens (tertiary/aromatic N) is 2. The molecule has 0 fully saturated rings. The molecule has 3 aromatic rings. The van der Waals surface area contributed by atoms with E-state index in [4.69, 9.17) is 16.1 Å². The zero-order chi connectivity index (χ0) is 16.2. The van der Waals surface area contributed by atoms with E-state index in [1.165, 1.54) is 0 Å². The van der Waals surface area contributed by atoms with Crippen LogP contribution in [0.15, 0.2) is 41.1 Å². The van der Waals surface area contributed by atoms with E-state index in [1.807, 2.05) is 6.07 Å². The van der Waals surface area contributed by atoms with Crippen LogP contribution in [0.5, 0.6) is 0 Å². The van der Waals surface area contributed by atoms with Crippen LogP contribution in [0.3, 0.4) is 0 Å². The first kappa shape index (κ1) is 15.5. The SMILES string of the molecule is CCCc1cc(CNC(=O)c2ccnc3ccc(Cl)cc23)on1. The van der Waals surface area contributed by atoms with Crippen molar-refractivity contribution in [3.8, 4) is 0 Å². The number of pyridine rings is 1. The second-order valence-corrected chi connectivity index (χ2v) is 5.67. The smallest absolute Gasteiger partial charge is 0.252 e. The minimum atomic E-state index is -0.201. The van der Waals surface area contributed by atoms with Crippen LogP contribution < -0.4 is 5.32 Å². The van der Waals surface area contributed by atoms with Gasteiger partial charge in [0.25, 0.3) is 5.91 Å². The van der Waals surface area contributed by atoms with Gasteiger partial charge in [0.2, 0.25) is 0 Å². The third-order valence-corrected chi connectivity index (χ3v) is 3.72. The van der Waals surface area contributed by atoms with Crippen molar-refractivity contribution < 1.29 is 9.32 Å². The van der Waals surface area contributed by atoms with Crippen molar-refractivity contribution in [2.45, 2.75) is 26.3 Å². The van der Waals surface area contributed by atoms with Gasteiger partial charge in [-0.05, 0) is 30.7 Å². The lowest BCUT2D eigenvalue weighted by molar-refractivity contribution is 0.0948. The van der Waals surface area contributed by atoms with Crippen molar-refractivity contribution in [2.24, 2.45) is 0 Å². The monoisotopic (exact) mass is 329 g/mol. The number of amides is 1. The molecule has 0 saturated heterocycles. The first-order valence-electron chi connectivity index (χ1n) is 7.44. The normalized spacial score (nSPS) is 10.9. The van der Waals surface area contributed by atoms with Gasteiger partial charge in [-0.15, -0.1) is 0 Å². The van der Waals surface area contributed by atoms with Crippen LogP contribution in [0.4, 0.5) is 0 Å². The van der Waals surface area contributed by atoms with E-state index in [2.05, 4.69) is 22.4 Å². The number of hydrogen-bond acceptors (Lipinski definition) is 4. The van der Waals surface area contributed by atoms with Crippen LogP contribution in [0.25, 0.3) is 10.9 Å². The second kappa shape index (κ2) is 6.79. The molecule has 6 heteroatoms. The zero-order valence-corrected chi connectivity index (χ0v) is 13.4. The number of aryl methyl sites for hydroxylation is 1. The van der Waals surface area contributed by atoms with Gasteiger partial charge in [-0.3, -0.25) is 9.78 Å². The number of benzene rings is 1. The van der Waals surface area contributed by atoms with Crippen molar-refractivity contribution in [1.29, 1.82) is 0 Å². The molecule has 3 rings (SSSR count). The van der Waals surface area contributed by atoms with Crippen molar-refractivity contribution >= 4 is 28.4 Å². The van der Waals surface area contributed by atoms with Gasteiger partial charge < -0.3 is 9.84 Å². The number of nitrogens with one attached hydrogen (secondary N) is 1. The van der Waals surface area contributed by atoms with Gasteiger partial charge in [-0.25, -0.2) is 0 Å². The average Bonchev–Trinajstić information content (AvgIpc) is 3.00. The van der Waals surface area contributed by atoms with Crippen LogP contribution in [0, 0.1) is 0 Å². The number of carbonyl (C=O) groups excluding carboxylic acids is 1. The Labute approximate surface area is 138 Å². The topological polar surface area (TPSA) is 68.0 Å². The maximum Gasteiger partial charge on any atom is 0.252 e. The third kappa shape index (κ3) is 3.51. The van der Waals surface area contributed by atoms with Gasteiger partial charge in [-0.1, -0.05) is 30.1 Å². The van der Waals surface area contributed by atoms with Crippen LogP contribution in [-0.2, 0) is 13.0 Å². The summed E-state index contributed by atoms with van der Waals surface area (Å²) in [5.41, 5.74) is 2.16. The summed E-state index contributed by atoms with van der Waals surface area (Å²) in [6.07, 6.45) is 3.48. The fourth-order valence-electron chi connectivity index (χ4n) is 2.39. The van der Waals surface area contributed by atoms with Crippen LogP contribution in [0.2, 0.25) is 5.02 Å². The molecule has 5 nitrogen and oxygen atoms in total. The minimum Gasteiger partial charge on any atom is -0.359 e. The minimum absolute atomic E-state index is 0.201. The highest BCUT2D eigenvalue weighted by Gasteiger charge is 2.12. The second-order valence-electron chi connectivity index (χ2n) is 5.24. The summed E-state index contributed by atoms with van der Waals surface area (Å²) in [4.78, 5) is 16.7. The Morgan fingerprint density at radius 2 is 2.17 bits per heavy atom. The molecule has 0 aliphatic heterocycles. The first-order valence-corrected chi connectivity index (χ1v) is 7.82. The summed E-state index contributed by atoms with van der Waals surface area (Å²) in [5, 5.41) is 8.10. The number of aromatic nitrogens is 2. The Hall–Kier alpha value is -2.40. The molecule has 0 spiro atoms. The molecule has 1 aromatic carbocycles. The Bertz CT molecular complexity index is 845. The molecule has 0 unspecified atom stereocenters. The van der Waals surface area contributed by atoms with Crippen molar-refractivity contribution in [1.82, 2.24) is 15.5 Å². The summed E-state index contributed by atoms with van der Waals surface area (Å²) >= 11 is 6.02. The summed E-state index contributed by atoms with van der Waals surface area (Å²) < 4.78 is 5.21. The van der Waals surface area contributed by atoms with Crippen molar-refractivity contribution in [3.63, 3.8) is 0 Å². The predicted octanol–water partition coefficient (Wildman–Crippen LogP) is 3.76. The van der Waals surface area contributed by atoms with Crippen molar-refractivity contribution in [3.05, 3.63) is 58.6 Å². The van der Waals surface area contributed by atoms with Crippen LogP contribution in [-0.4, -0.2) is 16.0 Å². The molecule has 1 N–H and O–H groups in total. The molecule has 0 aliphatic carbocycles. The molecular formula is C17H16ClN3O2. The molecule has 118 valence electrons. The quantitative estimate of drug-likeness (QED) is 0.774. The predicted molar refractivity (Wildman–Crippen MR) is 88.4 cm³/mol. The van der Waals surface area contributed by atoms with Gasteiger partial charge in [0.1, 0.15) is 0 Å². The number of carbonyl (C=O) groups is 1. The maximum absolute atomic E-state index is 12.4. The van der Waals surface area contributed by atoms with E-state index in [1.54, 1.807) is 30.5 Å². The number of fused-ring (bicyclic) bond motifs is 1. The standard InChI is InChI=1S/C17H16ClN3O2/c1-2-3-12-9-13(23-21-12)10-20-17(22)14-6-7-19-16-5-4-11(18)8-15(14)16/h4-9H,2-3,10H2,1H3,(H,20,22). The van der Waals surface area contributed by atoms with E-state index >= 15 is 0 Å². The van der Waals surface area contributed by atoms with E-state index in [0.29, 0.717) is 22.9 Å². The highest BCUT2D eigenvalue weighted by Crippen LogP contribution is 2.21. The van der Waals surface area contributed by atoms with Crippen LogP contribution >= 0.6 is 11.6 Å². The molecule has 0 atom stereocenters. The lowest BCUT2D eigenvalue weighted by atomic mass is 10.1. The van der Waals surface area contributed by atoms with E-state index in [9.17, 15) is 4.79 Å². The summed E-state index contributed by atoms with van der Waals surface area (Å²) in [5.74, 6) is 0.436. The molecular weight excluding hydrogens is 314 g/mol. The zero-order valence-electron chi connectivity index (χ0n) is 12.7. The summed E-state index contributed by atoms with van der Waals surface area (Å²) in [6.45, 7) is 2.37. The van der Waals surface area contributed by atoms with Gasteiger partial charge in [0.05, 0.1) is 23.3 Å². The Kier molecular flexibility index (Phi) is 4.57. The Balaban J connectivity index is 1.76.